The van der Waals surface area contributed by atoms with E-state index in [1.165, 1.54) is 24.3 Å². The fraction of sp³-hybridized carbons (Fsp3) is 0.476. The molecule has 0 unspecified atom stereocenters. The smallest absolute Gasteiger partial charge is 0.319 e. The molecule has 1 aromatic carbocycles. The van der Waals surface area contributed by atoms with E-state index < -0.39 is 23.3 Å². The molecule has 1 aliphatic heterocycles. The zero-order valence-corrected chi connectivity index (χ0v) is 16.3. The molecule has 6 nitrogen and oxygen atoms in total. The number of amides is 4. The van der Waals surface area contributed by atoms with Gasteiger partial charge in [-0.1, -0.05) is 25.1 Å². The minimum Gasteiger partial charge on any atom is -0.319 e. The lowest BCUT2D eigenvalue weighted by Crippen LogP contribution is -2.45. The summed E-state index contributed by atoms with van der Waals surface area (Å²) in [5, 5.41) is 2.72. The first kappa shape index (κ1) is 20.0. The first-order valence-electron chi connectivity index (χ1n) is 9.82. The molecule has 0 saturated carbocycles. The summed E-state index contributed by atoms with van der Waals surface area (Å²) in [6, 6.07) is 4.90. The zero-order valence-electron chi connectivity index (χ0n) is 16.3. The number of carbonyl (C=O) groups is 3. The molecule has 1 aromatic rings. The summed E-state index contributed by atoms with van der Waals surface area (Å²) in [7, 11) is 0. The highest BCUT2D eigenvalue weighted by atomic mass is 19.1. The van der Waals surface area contributed by atoms with Crippen molar-refractivity contribution < 1.29 is 18.8 Å². The number of nitrogens with zero attached hydrogens (tertiary/aromatic N) is 2. The average molecular weight is 387 g/mol. The standard InChI is InChI=1S/C21H26FN3O3/c1-3-21(15-10-12-16(22)13-11-15)19(27)25(20(28)23-21)14-18(26)24(4-2)17-8-6-5-7-9-17/h8,10-13H,3-7,9,14H2,1-2H3,(H,23,28)/t21-/m1/s1. The van der Waals surface area contributed by atoms with Crippen LogP contribution in [0.4, 0.5) is 9.18 Å². The van der Waals surface area contributed by atoms with E-state index >= 15 is 0 Å². The number of nitrogens with one attached hydrogen (secondary N) is 1. The normalized spacial score (nSPS) is 22.1. The van der Waals surface area contributed by atoms with Crippen LogP contribution in [-0.2, 0) is 15.1 Å². The fourth-order valence-electron chi connectivity index (χ4n) is 3.97. The second-order valence-corrected chi connectivity index (χ2v) is 7.17. The van der Waals surface area contributed by atoms with Gasteiger partial charge in [-0.05, 0) is 56.7 Å². The molecule has 0 spiro atoms. The molecule has 4 amide bonds. The molecule has 2 aliphatic rings. The molecule has 0 bridgehead atoms. The largest absolute Gasteiger partial charge is 0.325 e. The molecule has 1 aliphatic carbocycles. The Kier molecular flexibility index (Phi) is 5.82. The molecule has 1 atom stereocenters. The summed E-state index contributed by atoms with van der Waals surface area (Å²) in [6.07, 6.45) is 6.27. The number of urea groups is 1. The van der Waals surface area contributed by atoms with Gasteiger partial charge in [-0.2, -0.15) is 0 Å². The summed E-state index contributed by atoms with van der Waals surface area (Å²) in [5.74, 6) is -1.17. The quantitative estimate of drug-likeness (QED) is 0.762. The molecule has 28 heavy (non-hydrogen) atoms. The maximum Gasteiger partial charge on any atom is 0.325 e. The van der Waals surface area contributed by atoms with Crippen LogP contribution < -0.4 is 5.32 Å². The molecule has 150 valence electrons. The van der Waals surface area contributed by atoms with E-state index in [1.807, 2.05) is 6.92 Å². The first-order valence-corrected chi connectivity index (χ1v) is 9.82. The van der Waals surface area contributed by atoms with Crippen molar-refractivity contribution in [3.63, 3.8) is 0 Å². The van der Waals surface area contributed by atoms with Crippen molar-refractivity contribution in [2.75, 3.05) is 13.1 Å². The molecule has 1 N–H and O–H groups in total. The predicted octanol–water partition coefficient (Wildman–Crippen LogP) is 3.29. The highest BCUT2D eigenvalue weighted by Gasteiger charge is 2.51. The summed E-state index contributed by atoms with van der Waals surface area (Å²) in [4.78, 5) is 41.2. The van der Waals surface area contributed by atoms with Crippen LogP contribution in [-0.4, -0.2) is 40.7 Å². The van der Waals surface area contributed by atoms with Crippen LogP contribution >= 0.6 is 0 Å². The highest BCUT2D eigenvalue weighted by Crippen LogP contribution is 2.32. The number of benzene rings is 1. The van der Waals surface area contributed by atoms with Gasteiger partial charge in [0.15, 0.2) is 0 Å². The number of halogens is 1. The van der Waals surface area contributed by atoms with E-state index in [9.17, 15) is 18.8 Å². The third kappa shape index (κ3) is 3.53. The maximum absolute atomic E-state index is 13.3. The summed E-state index contributed by atoms with van der Waals surface area (Å²) < 4.78 is 13.3. The van der Waals surface area contributed by atoms with Crippen molar-refractivity contribution in [3.8, 4) is 0 Å². The number of hydrogen-bond donors (Lipinski definition) is 1. The molecule has 1 saturated heterocycles. The van der Waals surface area contributed by atoms with Crippen molar-refractivity contribution in [3.05, 3.63) is 47.4 Å². The zero-order chi connectivity index (χ0) is 20.3. The van der Waals surface area contributed by atoms with Gasteiger partial charge in [0, 0.05) is 12.2 Å². The van der Waals surface area contributed by atoms with E-state index in [0.717, 1.165) is 36.3 Å². The Bertz CT molecular complexity index is 806. The minimum absolute atomic E-state index is 0.273. The van der Waals surface area contributed by atoms with E-state index in [1.54, 1.807) is 11.8 Å². The number of hydrogen-bond acceptors (Lipinski definition) is 3. The van der Waals surface area contributed by atoms with Gasteiger partial charge in [0.25, 0.3) is 5.91 Å². The van der Waals surface area contributed by atoms with Gasteiger partial charge in [0.2, 0.25) is 5.91 Å². The van der Waals surface area contributed by atoms with Gasteiger partial charge in [-0.15, -0.1) is 0 Å². The van der Waals surface area contributed by atoms with Gasteiger partial charge in [-0.3, -0.25) is 14.5 Å². The highest BCUT2D eigenvalue weighted by molar-refractivity contribution is 6.09. The molecular formula is C21H26FN3O3. The van der Waals surface area contributed by atoms with E-state index in [4.69, 9.17) is 0 Å². The molecule has 1 heterocycles. The Balaban J connectivity index is 1.81. The summed E-state index contributed by atoms with van der Waals surface area (Å²) in [6.45, 7) is 3.84. The molecule has 0 radical (unpaired) electrons. The molecular weight excluding hydrogens is 361 g/mol. The second kappa shape index (κ2) is 8.12. The van der Waals surface area contributed by atoms with Crippen LogP contribution in [0.15, 0.2) is 36.0 Å². The van der Waals surface area contributed by atoms with Gasteiger partial charge < -0.3 is 10.2 Å². The van der Waals surface area contributed by atoms with Crippen molar-refractivity contribution in [1.29, 1.82) is 0 Å². The first-order chi connectivity index (χ1) is 13.4. The Morgan fingerprint density at radius 3 is 2.50 bits per heavy atom. The number of imide groups is 1. The number of rotatable bonds is 6. The van der Waals surface area contributed by atoms with Gasteiger partial charge in [-0.25, -0.2) is 9.18 Å². The number of likely N-dealkylation sites (N-methyl/N-ethyl adjacent to an activating group) is 1. The third-order valence-corrected chi connectivity index (χ3v) is 5.57. The number of carbonyl (C=O) groups excluding carboxylic acids is 3. The Hall–Kier alpha value is -2.70. The van der Waals surface area contributed by atoms with Crippen LogP contribution in [0.2, 0.25) is 0 Å². The topological polar surface area (TPSA) is 69.7 Å². The van der Waals surface area contributed by atoms with Crippen LogP contribution in [0.25, 0.3) is 0 Å². The summed E-state index contributed by atoms with van der Waals surface area (Å²) >= 11 is 0. The minimum atomic E-state index is -1.27. The monoisotopic (exact) mass is 387 g/mol. The van der Waals surface area contributed by atoms with Gasteiger partial charge >= 0.3 is 6.03 Å². The fourth-order valence-corrected chi connectivity index (χ4v) is 3.97. The lowest BCUT2D eigenvalue weighted by atomic mass is 9.87. The van der Waals surface area contributed by atoms with E-state index in [-0.39, 0.29) is 12.5 Å². The lowest BCUT2D eigenvalue weighted by Gasteiger charge is -2.28. The summed E-state index contributed by atoms with van der Waals surface area (Å²) in [5.41, 5.74) is 0.199. The predicted molar refractivity (Wildman–Crippen MR) is 103 cm³/mol. The van der Waals surface area contributed by atoms with Crippen LogP contribution in [0.1, 0.15) is 51.5 Å². The van der Waals surface area contributed by atoms with Crippen molar-refractivity contribution >= 4 is 17.8 Å². The second-order valence-electron chi connectivity index (χ2n) is 7.17. The Labute approximate surface area is 164 Å². The van der Waals surface area contributed by atoms with Crippen LogP contribution in [0, 0.1) is 5.82 Å². The molecule has 7 heteroatoms. The number of allylic oxidation sites excluding steroid dienone is 2. The van der Waals surface area contributed by atoms with E-state index in [0.29, 0.717) is 18.5 Å². The van der Waals surface area contributed by atoms with Crippen LogP contribution in [0.3, 0.4) is 0 Å². The third-order valence-electron chi connectivity index (χ3n) is 5.57. The Morgan fingerprint density at radius 1 is 1.21 bits per heavy atom. The van der Waals surface area contributed by atoms with E-state index in [2.05, 4.69) is 11.4 Å². The van der Waals surface area contributed by atoms with Gasteiger partial charge in [0.05, 0.1) is 0 Å². The van der Waals surface area contributed by atoms with Crippen molar-refractivity contribution in [1.82, 2.24) is 15.1 Å². The lowest BCUT2D eigenvalue weighted by molar-refractivity contribution is -0.138. The van der Waals surface area contributed by atoms with Crippen molar-refractivity contribution in [2.45, 2.75) is 51.5 Å². The van der Waals surface area contributed by atoms with Gasteiger partial charge in [0.1, 0.15) is 17.9 Å². The average Bonchev–Trinajstić information content (AvgIpc) is 2.95. The maximum atomic E-state index is 13.3. The van der Waals surface area contributed by atoms with Crippen LogP contribution in [0.5, 0.6) is 0 Å². The SMILES string of the molecule is CCN(C(=O)CN1C(=O)N[C@](CC)(c2ccc(F)cc2)C1=O)C1=CCCCC1. The van der Waals surface area contributed by atoms with Crippen molar-refractivity contribution in [2.24, 2.45) is 0 Å². The molecule has 1 fully saturated rings. The Morgan fingerprint density at radius 2 is 1.93 bits per heavy atom. The molecule has 0 aromatic heterocycles. The molecule has 3 rings (SSSR count).